The highest BCUT2D eigenvalue weighted by molar-refractivity contribution is 5.79. The first kappa shape index (κ1) is 13.0. The maximum absolute atomic E-state index is 12.1. The van der Waals surface area contributed by atoms with Gasteiger partial charge in [0, 0.05) is 19.0 Å². The van der Waals surface area contributed by atoms with E-state index in [-0.39, 0.29) is 17.0 Å². The molecule has 1 N–H and O–H groups in total. The number of piperidine rings is 2. The Morgan fingerprint density at radius 1 is 1.07 bits per heavy atom. The summed E-state index contributed by atoms with van der Waals surface area (Å²) in [7, 11) is 0. The Morgan fingerprint density at radius 2 is 1.67 bits per heavy atom. The van der Waals surface area contributed by atoms with Gasteiger partial charge in [-0.15, -0.1) is 0 Å². The van der Waals surface area contributed by atoms with Crippen LogP contribution in [0.2, 0.25) is 0 Å². The fourth-order valence-corrected chi connectivity index (χ4v) is 2.44. The molecule has 0 spiro atoms. The lowest BCUT2D eigenvalue weighted by Gasteiger charge is -2.32. The van der Waals surface area contributed by atoms with Gasteiger partial charge in [0.25, 0.3) is 0 Å². The van der Waals surface area contributed by atoms with Crippen LogP contribution in [0.25, 0.3) is 0 Å². The third-order valence-corrected chi connectivity index (χ3v) is 3.36. The molecule has 3 nitrogen and oxygen atoms in total. The lowest BCUT2D eigenvalue weighted by atomic mass is 9.95. The second kappa shape index (κ2) is 6.48. The predicted molar refractivity (Wildman–Crippen MR) is 56.0 cm³/mol. The molecule has 2 fully saturated rings. The summed E-state index contributed by atoms with van der Waals surface area (Å²) in [4.78, 5) is 14.1. The molecule has 4 heteroatoms. The maximum atomic E-state index is 12.1. The molecular weight excluding hydrogens is 256 g/mol. The molecule has 2 rings (SSSR count). The number of nitrogens with one attached hydrogen (secondary N) is 1. The average molecular weight is 276 g/mol. The van der Waals surface area contributed by atoms with E-state index in [0.717, 1.165) is 39.0 Å². The van der Waals surface area contributed by atoms with Crippen molar-refractivity contribution < 1.29 is 21.8 Å². The van der Waals surface area contributed by atoms with Crippen LogP contribution in [0.4, 0.5) is 0 Å². The lowest BCUT2D eigenvalue weighted by Crippen LogP contribution is -3.00. The molecule has 0 aromatic carbocycles. The van der Waals surface area contributed by atoms with Crippen LogP contribution in [0.15, 0.2) is 0 Å². The van der Waals surface area contributed by atoms with Crippen molar-refractivity contribution in [2.45, 2.75) is 32.1 Å². The molecule has 2 aliphatic heterocycles. The summed E-state index contributed by atoms with van der Waals surface area (Å²) >= 11 is 0. The first-order chi connectivity index (χ1) is 6.88. The van der Waals surface area contributed by atoms with Gasteiger partial charge in [-0.1, -0.05) is 0 Å². The topological polar surface area (TPSA) is 32.3 Å². The van der Waals surface area contributed by atoms with Gasteiger partial charge in [-0.05, 0) is 45.2 Å². The molecule has 0 saturated carbocycles. The van der Waals surface area contributed by atoms with Gasteiger partial charge < -0.3 is 27.2 Å². The van der Waals surface area contributed by atoms with Crippen molar-refractivity contribution in [2.24, 2.45) is 5.92 Å². The van der Waals surface area contributed by atoms with Gasteiger partial charge in [0.05, 0.1) is 0 Å². The number of likely N-dealkylation sites (tertiary alicyclic amines) is 1. The van der Waals surface area contributed by atoms with Gasteiger partial charge in [-0.25, -0.2) is 0 Å². The molecule has 0 aromatic rings. The first-order valence-corrected chi connectivity index (χ1v) is 5.87. The van der Waals surface area contributed by atoms with E-state index >= 15 is 0 Å². The number of carbonyl (C=O) groups is 1. The minimum Gasteiger partial charge on any atom is -1.00 e. The largest absolute Gasteiger partial charge is 1.00 e. The number of hydrogen-bond acceptors (Lipinski definition) is 2. The molecule has 0 bridgehead atoms. The van der Waals surface area contributed by atoms with Crippen LogP contribution in [0, 0.1) is 5.92 Å². The van der Waals surface area contributed by atoms with Gasteiger partial charge in [-0.2, -0.15) is 0 Å². The minimum atomic E-state index is 0. The summed E-state index contributed by atoms with van der Waals surface area (Å²) in [6.45, 7) is 4.04. The quantitative estimate of drug-likeness (QED) is 0.601. The number of halogens is 1. The fourth-order valence-electron chi connectivity index (χ4n) is 2.44. The van der Waals surface area contributed by atoms with Crippen LogP contribution in [0.3, 0.4) is 0 Å². The highest BCUT2D eigenvalue weighted by Gasteiger charge is 2.26. The second-order valence-electron chi connectivity index (χ2n) is 4.41. The predicted octanol–water partition coefficient (Wildman–Crippen LogP) is -2.00. The third kappa shape index (κ3) is 3.45. The Hall–Kier alpha value is -0.0900. The van der Waals surface area contributed by atoms with Crippen molar-refractivity contribution in [1.82, 2.24) is 10.2 Å². The first-order valence-electron chi connectivity index (χ1n) is 5.87. The minimum absolute atomic E-state index is 0. The van der Waals surface area contributed by atoms with E-state index in [1.165, 1.54) is 19.3 Å². The van der Waals surface area contributed by atoms with Crippen molar-refractivity contribution in [1.29, 1.82) is 0 Å². The van der Waals surface area contributed by atoms with Crippen LogP contribution in [0.5, 0.6) is 0 Å². The van der Waals surface area contributed by atoms with Gasteiger partial charge in [0.15, 0.2) is 0 Å². The highest BCUT2D eigenvalue weighted by atomic mass is 79.9. The van der Waals surface area contributed by atoms with E-state index in [1.54, 1.807) is 0 Å². The number of amides is 1. The second-order valence-corrected chi connectivity index (χ2v) is 4.41. The molecule has 2 heterocycles. The van der Waals surface area contributed by atoms with Crippen LogP contribution in [-0.4, -0.2) is 37.0 Å². The Morgan fingerprint density at radius 3 is 2.27 bits per heavy atom. The molecule has 2 saturated heterocycles. The number of rotatable bonds is 1. The van der Waals surface area contributed by atoms with Gasteiger partial charge in [0.2, 0.25) is 5.91 Å². The highest BCUT2D eigenvalue weighted by Crippen LogP contribution is 2.18. The molecule has 0 unspecified atom stereocenters. The molecule has 15 heavy (non-hydrogen) atoms. The van der Waals surface area contributed by atoms with Crippen molar-refractivity contribution in [3.8, 4) is 0 Å². The van der Waals surface area contributed by atoms with Crippen LogP contribution < -0.4 is 22.3 Å². The zero-order valence-corrected chi connectivity index (χ0v) is 10.8. The summed E-state index contributed by atoms with van der Waals surface area (Å²) in [5, 5.41) is 3.30. The van der Waals surface area contributed by atoms with E-state index in [2.05, 4.69) is 10.2 Å². The van der Waals surface area contributed by atoms with Crippen molar-refractivity contribution >= 4 is 5.91 Å². The Bertz CT molecular complexity index is 179. The molecule has 2 aliphatic rings. The van der Waals surface area contributed by atoms with Gasteiger partial charge in [0.1, 0.15) is 0 Å². The van der Waals surface area contributed by atoms with E-state index in [0.29, 0.717) is 11.8 Å². The SMILES string of the molecule is O=C(C1CCNCC1)N1CCCCC1.[Br-]. The monoisotopic (exact) mass is 275 g/mol. The van der Waals surface area contributed by atoms with E-state index < -0.39 is 0 Å². The average Bonchev–Trinajstić information content (AvgIpc) is 2.30. The molecule has 0 aromatic heterocycles. The zero-order valence-electron chi connectivity index (χ0n) is 9.17. The Balaban J connectivity index is 0.00000112. The normalized spacial score (nSPS) is 23.3. The molecule has 0 atom stereocenters. The van der Waals surface area contributed by atoms with Gasteiger partial charge >= 0.3 is 0 Å². The summed E-state index contributed by atoms with van der Waals surface area (Å²) in [5.74, 6) is 0.737. The zero-order chi connectivity index (χ0) is 9.80. The van der Waals surface area contributed by atoms with Crippen molar-refractivity contribution in [3.05, 3.63) is 0 Å². The van der Waals surface area contributed by atoms with Crippen LogP contribution in [-0.2, 0) is 4.79 Å². The van der Waals surface area contributed by atoms with E-state index in [4.69, 9.17) is 0 Å². The molecule has 88 valence electrons. The summed E-state index contributed by atoms with van der Waals surface area (Å²) in [6.07, 6.45) is 5.79. The van der Waals surface area contributed by atoms with Crippen molar-refractivity contribution in [3.63, 3.8) is 0 Å². The summed E-state index contributed by atoms with van der Waals surface area (Å²) in [5.41, 5.74) is 0. The number of nitrogens with zero attached hydrogens (tertiary/aromatic N) is 1. The van der Waals surface area contributed by atoms with Crippen LogP contribution >= 0.6 is 0 Å². The maximum Gasteiger partial charge on any atom is 0.225 e. The third-order valence-electron chi connectivity index (χ3n) is 3.36. The lowest BCUT2D eigenvalue weighted by molar-refractivity contribution is -0.137. The summed E-state index contributed by atoms with van der Waals surface area (Å²) < 4.78 is 0. The summed E-state index contributed by atoms with van der Waals surface area (Å²) in [6, 6.07) is 0. The molecule has 1 amide bonds. The Kier molecular flexibility index (Phi) is 5.61. The molecule has 0 aliphatic carbocycles. The van der Waals surface area contributed by atoms with E-state index in [9.17, 15) is 4.79 Å². The standard InChI is InChI=1S/C11H20N2O.BrH/c14-11(10-4-6-12-7-5-10)13-8-2-1-3-9-13;/h10,12H,1-9H2;1H/p-1. The number of carbonyl (C=O) groups excluding carboxylic acids is 1. The number of hydrogen-bond donors (Lipinski definition) is 1. The van der Waals surface area contributed by atoms with Crippen LogP contribution in [0.1, 0.15) is 32.1 Å². The smallest absolute Gasteiger partial charge is 0.225 e. The van der Waals surface area contributed by atoms with Crippen molar-refractivity contribution in [2.75, 3.05) is 26.2 Å². The van der Waals surface area contributed by atoms with Gasteiger partial charge in [-0.3, -0.25) is 4.79 Å². The Labute approximate surface area is 102 Å². The van der Waals surface area contributed by atoms with E-state index in [1.807, 2.05) is 0 Å². The molecular formula is C11H20BrN2O-. The fraction of sp³-hybridized carbons (Fsp3) is 0.909. The molecule has 0 radical (unpaired) electrons.